The van der Waals surface area contributed by atoms with E-state index in [4.69, 9.17) is 14.9 Å². The van der Waals surface area contributed by atoms with Crippen molar-refractivity contribution in [3.8, 4) is 11.5 Å². The third-order valence-corrected chi connectivity index (χ3v) is 9.52. The van der Waals surface area contributed by atoms with E-state index < -0.39 is 0 Å². The number of ether oxygens (including phenoxy) is 1. The molecular weight excluding hydrogens is 556 g/mol. The lowest BCUT2D eigenvalue weighted by Gasteiger charge is -2.33. The van der Waals surface area contributed by atoms with Crippen molar-refractivity contribution in [3.05, 3.63) is 121 Å². The van der Waals surface area contributed by atoms with Gasteiger partial charge in [-0.05, 0) is 86.3 Å². The van der Waals surface area contributed by atoms with E-state index in [9.17, 15) is 0 Å². The second-order valence-electron chi connectivity index (χ2n) is 12.8. The Morgan fingerprint density at radius 3 is 1.51 bits per heavy atom. The fourth-order valence-corrected chi connectivity index (χ4v) is 7.34. The standard InChI is InChI=1S/C38H40N6O/c1-3-9-29(10-4-1)25-41-19-7-13-33(27-41)43-37-17-15-35(21-31(37)23-39-43)45-36-16-18-38-32(22-36)24-40-44(38)34-14-8-20-42(28-34)26-30-11-5-2-6-12-30/h1-6,9-12,15-18,21-24,33-34H,7-8,13-14,19-20,25-28H2. The van der Waals surface area contributed by atoms with E-state index in [0.29, 0.717) is 12.1 Å². The first-order chi connectivity index (χ1) is 22.2. The normalized spacial score (nSPS) is 19.7. The molecule has 4 aromatic carbocycles. The van der Waals surface area contributed by atoms with Crippen LogP contribution in [0, 0.1) is 0 Å². The van der Waals surface area contributed by atoms with Crippen molar-refractivity contribution in [3.63, 3.8) is 0 Å². The van der Waals surface area contributed by atoms with Gasteiger partial charge >= 0.3 is 0 Å². The Hall–Kier alpha value is -4.46. The van der Waals surface area contributed by atoms with Crippen molar-refractivity contribution >= 4 is 21.8 Å². The molecule has 2 aliphatic heterocycles. The molecule has 0 radical (unpaired) electrons. The molecule has 8 rings (SSSR count). The van der Waals surface area contributed by atoms with Gasteiger partial charge in [-0.15, -0.1) is 0 Å². The van der Waals surface area contributed by atoms with Crippen LogP contribution >= 0.6 is 0 Å². The van der Waals surface area contributed by atoms with E-state index in [1.807, 2.05) is 12.4 Å². The summed E-state index contributed by atoms with van der Waals surface area (Å²) in [7, 11) is 0. The molecule has 0 N–H and O–H groups in total. The Morgan fingerprint density at radius 2 is 1.04 bits per heavy atom. The molecule has 2 atom stereocenters. The van der Waals surface area contributed by atoms with Crippen molar-refractivity contribution in [2.75, 3.05) is 26.2 Å². The van der Waals surface area contributed by atoms with Gasteiger partial charge in [0.05, 0.1) is 35.5 Å². The van der Waals surface area contributed by atoms with Gasteiger partial charge in [0.15, 0.2) is 0 Å². The smallest absolute Gasteiger partial charge is 0.128 e. The molecule has 0 bridgehead atoms. The Bertz CT molecular complexity index is 1740. The van der Waals surface area contributed by atoms with Crippen molar-refractivity contribution < 1.29 is 4.74 Å². The second kappa shape index (κ2) is 12.5. The summed E-state index contributed by atoms with van der Waals surface area (Å²) in [5.41, 5.74) is 5.07. The van der Waals surface area contributed by atoms with Crippen molar-refractivity contribution in [2.45, 2.75) is 50.9 Å². The van der Waals surface area contributed by atoms with E-state index >= 15 is 0 Å². The first kappa shape index (κ1) is 28.0. The van der Waals surface area contributed by atoms with Crippen molar-refractivity contribution in [1.29, 1.82) is 0 Å². The van der Waals surface area contributed by atoms with Crippen LogP contribution in [0.3, 0.4) is 0 Å². The number of fused-ring (bicyclic) bond motifs is 2. The first-order valence-corrected chi connectivity index (χ1v) is 16.4. The predicted molar refractivity (Wildman–Crippen MR) is 180 cm³/mol. The van der Waals surface area contributed by atoms with Crippen LogP contribution in [-0.2, 0) is 13.1 Å². The van der Waals surface area contributed by atoms with Crippen LogP contribution in [0.1, 0.15) is 48.9 Å². The summed E-state index contributed by atoms with van der Waals surface area (Å²) < 4.78 is 10.8. The molecule has 45 heavy (non-hydrogen) atoms. The number of hydrogen-bond donors (Lipinski definition) is 0. The Morgan fingerprint density at radius 1 is 0.578 bits per heavy atom. The predicted octanol–water partition coefficient (Wildman–Crippen LogP) is 7.85. The van der Waals surface area contributed by atoms with E-state index in [1.165, 1.54) is 35.0 Å². The summed E-state index contributed by atoms with van der Waals surface area (Å²) in [4.78, 5) is 5.11. The van der Waals surface area contributed by atoms with Gasteiger partial charge in [0.2, 0.25) is 0 Å². The van der Waals surface area contributed by atoms with Gasteiger partial charge in [0.1, 0.15) is 11.5 Å². The maximum atomic E-state index is 6.38. The summed E-state index contributed by atoms with van der Waals surface area (Å²) in [6.07, 6.45) is 8.64. The highest BCUT2D eigenvalue weighted by Gasteiger charge is 2.25. The highest BCUT2D eigenvalue weighted by molar-refractivity contribution is 5.82. The molecule has 0 spiro atoms. The van der Waals surface area contributed by atoms with Crippen LogP contribution in [0.2, 0.25) is 0 Å². The van der Waals surface area contributed by atoms with Crippen LogP contribution in [0.25, 0.3) is 21.8 Å². The minimum absolute atomic E-state index is 0.375. The van der Waals surface area contributed by atoms with Gasteiger partial charge < -0.3 is 4.74 Å². The molecule has 2 unspecified atom stereocenters. The molecule has 7 nitrogen and oxygen atoms in total. The molecule has 2 saturated heterocycles. The second-order valence-corrected chi connectivity index (χ2v) is 12.8. The molecule has 2 aliphatic rings. The highest BCUT2D eigenvalue weighted by atomic mass is 16.5. The fourth-order valence-electron chi connectivity index (χ4n) is 7.34. The summed E-state index contributed by atoms with van der Waals surface area (Å²) in [5.74, 6) is 1.65. The van der Waals surface area contributed by atoms with Gasteiger partial charge in [-0.2, -0.15) is 10.2 Å². The lowest BCUT2D eigenvalue weighted by Crippen LogP contribution is -2.36. The van der Waals surface area contributed by atoms with Gasteiger partial charge in [-0.1, -0.05) is 60.7 Å². The van der Waals surface area contributed by atoms with E-state index in [0.717, 1.165) is 74.4 Å². The third kappa shape index (κ3) is 6.10. The largest absolute Gasteiger partial charge is 0.457 e. The minimum atomic E-state index is 0.375. The molecule has 0 amide bonds. The average molecular weight is 597 g/mol. The maximum Gasteiger partial charge on any atom is 0.128 e. The summed E-state index contributed by atoms with van der Waals surface area (Å²) >= 11 is 0. The Kier molecular flexibility index (Phi) is 7.79. The van der Waals surface area contributed by atoms with Crippen LogP contribution in [0.4, 0.5) is 0 Å². The van der Waals surface area contributed by atoms with Crippen molar-refractivity contribution in [2.24, 2.45) is 0 Å². The van der Waals surface area contributed by atoms with Gasteiger partial charge in [0, 0.05) is 37.0 Å². The highest BCUT2D eigenvalue weighted by Crippen LogP contribution is 2.32. The Labute approximate surface area is 264 Å². The van der Waals surface area contributed by atoms with Gasteiger partial charge in [0.25, 0.3) is 0 Å². The number of nitrogens with zero attached hydrogens (tertiary/aromatic N) is 6. The SMILES string of the molecule is c1ccc(CN2CCCC(n3ncc4cc(Oc5ccc6c(cnn6C6CCCN(Cc7ccccc7)C6)c5)ccc43)C2)cc1. The number of piperidine rings is 2. The lowest BCUT2D eigenvalue weighted by molar-refractivity contribution is 0.165. The number of benzene rings is 4. The molecule has 4 heterocycles. The molecule has 228 valence electrons. The minimum Gasteiger partial charge on any atom is -0.457 e. The fraction of sp³-hybridized carbons (Fsp3) is 0.316. The van der Waals surface area contributed by atoms with Gasteiger partial charge in [-0.25, -0.2) is 0 Å². The zero-order valence-electron chi connectivity index (χ0n) is 25.7. The molecule has 6 aromatic rings. The first-order valence-electron chi connectivity index (χ1n) is 16.4. The van der Waals surface area contributed by atoms with Crippen LogP contribution in [0.15, 0.2) is 109 Å². The lowest BCUT2D eigenvalue weighted by atomic mass is 10.0. The third-order valence-electron chi connectivity index (χ3n) is 9.52. The van der Waals surface area contributed by atoms with Crippen LogP contribution in [-0.4, -0.2) is 55.5 Å². The van der Waals surface area contributed by atoms with E-state index in [2.05, 4.69) is 116 Å². The number of likely N-dealkylation sites (tertiary alicyclic amines) is 2. The van der Waals surface area contributed by atoms with Crippen molar-refractivity contribution in [1.82, 2.24) is 29.4 Å². The zero-order chi connectivity index (χ0) is 30.0. The topological polar surface area (TPSA) is 51.4 Å². The molecule has 2 fully saturated rings. The summed E-state index contributed by atoms with van der Waals surface area (Å²) in [6.45, 7) is 6.29. The maximum absolute atomic E-state index is 6.38. The molecule has 0 aliphatic carbocycles. The summed E-state index contributed by atoms with van der Waals surface area (Å²) in [5, 5.41) is 11.9. The molecule has 7 heteroatoms. The average Bonchev–Trinajstić information content (AvgIpc) is 3.70. The van der Waals surface area contributed by atoms with Gasteiger partial charge in [-0.3, -0.25) is 19.2 Å². The molecular formula is C38H40N6O. The van der Waals surface area contributed by atoms with Crippen LogP contribution < -0.4 is 4.74 Å². The zero-order valence-corrected chi connectivity index (χ0v) is 25.7. The van der Waals surface area contributed by atoms with E-state index in [-0.39, 0.29) is 0 Å². The molecule has 0 saturated carbocycles. The monoisotopic (exact) mass is 596 g/mol. The number of hydrogen-bond acceptors (Lipinski definition) is 5. The Balaban J connectivity index is 0.944. The molecule has 2 aromatic heterocycles. The van der Waals surface area contributed by atoms with Crippen LogP contribution in [0.5, 0.6) is 11.5 Å². The van der Waals surface area contributed by atoms with E-state index in [1.54, 1.807) is 0 Å². The summed E-state index contributed by atoms with van der Waals surface area (Å²) in [6, 6.07) is 35.0. The number of aromatic nitrogens is 4. The quantitative estimate of drug-likeness (QED) is 0.179. The number of rotatable bonds is 8.